The summed E-state index contributed by atoms with van der Waals surface area (Å²) in [4.78, 5) is 14.5. The summed E-state index contributed by atoms with van der Waals surface area (Å²) in [7, 11) is 6.69. The van der Waals surface area contributed by atoms with Gasteiger partial charge in [-0.1, -0.05) is 35.9 Å². The number of rotatable bonds is 8. The predicted molar refractivity (Wildman–Crippen MR) is 108 cm³/mol. The number of hydrogen-bond donors (Lipinski definition) is 1. The molecule has 1 amide bonds. The summed E-state index contributed by atoms with van der Waals surface area (Å²) in [5.41, 5.74) is 6.11. The van der Waals surface area contributed by atoms with E-state index in [1.54, 1.807) is 33.2 Å². The number of aryl methyl sites for hydroxylation is 1. The molecule has 0 fully saturated rings. The second-order valence-electron chi connectivity index (χ2n) is 6.22. The first-order valence-electron chi connectivity index (χ1n) is 8.78. The summed E-state index contributed by atoms with van der Waals surface area (Å²) in [6.07, 6.45) is 0.698. The second-order valence-corrected chi connectivity index (χ2v) is 6.22. The van der Waals surface area contributed by atoms with Crippen LogP contribution in [0.1, 0.15) is 16.7 Å². The fourth-order valence-corrected chi connectivity index (χ4v) is 2.67. The Kier molecular flexibility index (Phi) is 7.23. The van der Waals surface area contributed by atoms with E-state index in [0.717, 1.165) is 16.7 Å². The number of benzene rings is 2. The van der Waals surface area contributed by atoms with Crippen LogP contribution in [0.25, 0.3) is 0 Å². The highest BCUT2D eigenvalue weighted by atomic mass is 16.5. The molecule has 0 atom stereocenters. The number of carbonyl (C=O) groups is 1. The van der Waals surface area contributed by atoms with Gasteiger partial charge >= 0.3 is 0 Å². The molecule has 0 aliphatic heterocycles. The monoisotopic (exact) mass is 369 g/mol. The van der Waals surface area contributed by atoms with Crippen LogP contribution in [0.4, 0.5) is 0 Å². The molecule has 2 aromatic rings. The third kappa shape index (κ3) is 5.23. The minimum Gasteiger partial charge on any atom is -0.493 e. The summed E-state index contributed by atoms with van der Waals surface area (Å²) >= 11 is 0. The van der Waals surface area contributed by atoms with Crippen molar-refractivity contribution in [2.24, 2.45) is 5.10 Å². The third-order valence-corrected chi connectivity index (χ3v) is 4.28. The van der Waals surface area contributed by atoms with Gasteiger partial charge in [-0.05, 0) is 31.0 Å². The average Bonchev–Trinajstić information content (AvgIpc) is 2.70. The van der Waals surface area contributed by atoms with Crippen LogP contribution < -0.4 is 14.9 Å². The van der Waals surface area contributed by atoms with Crippen molar-refractivity contribution in [3.8, 4) is 11.5 Å². The molecule has 2 rings (SSSR count). The number of hydrogen-bond acceptors (Lipinski definition) is 5. The van der Waals surface area contributed by atoms with Gasteiger partial charge in [-0.15, -0.1) is 0 Å². The zero-order valence-electron chi connectivity index (χ0n) is 16.6. The number of hydrazone groups is 1. The molecule has 0 unspecified atom stereocenters. The number of carbonyl (C=O) groups excluding carboxylic acids is 1. The molecule has 0 aliphatic rings. The van der Waals surface area contributed by atoms with Crippen LogP contribution in [0.15, 0.2) is 47.6 Å². The topological polar surface area (TPSA) is 63.2 Å². The predicted octanol–water partition coefficient (Wildman–Crippen LogP) is 2.64. The maximum Gasteiger partial charge on any atom is 0.274 e. The largest absolute Gasteiger partial charge is 0.493 e. The second kappa shape index (κ2) is 9.62. The van der Waals surface area contributed by atoms with Crippen molar-refractivity contribution < 1.29 is 14.3 Å². The smallest absolute Gasteiger partial charge is 0.274 e. The highest BCUT2D eigenvalue weighted by Gasteiger charge is 2.19. The van der Waals surface area contributed by atoms with Crippen LogP contribution in [0, 0.1) is 6.92 Å². The fourth-order valence-electron chi connectivity index (χ4n) is 2.67. The third-order valence-electron chi connectivity index (χ3n) is 4.28. The lowest BCUT2D eigenvalue weighted by atomic mass is 10.1. The molecule has 144 valence electrons. The van der Waals surface area contributed by atoms with Gasteiger partial charge in [0.2, 0.25) is 0 Å². The number of methoxy groups -OCH3 is 2. The van der Waals surface area contributed by atoms with E-state index in [4.69, 9.17) is 9.47 Å². The molecule has 0 radical (unpaired) electrons. The lowest BCUT2D eigenvalue weighted by Crippen LogP contribution is -2.36. The molecule has 6 heteroatoms. The zero-order valence-corrected chi connectivity index (χ0v) is 16.6. The molecule has 27 heavy (non-hydrogen) atoms. The Labute approximate surface area is 160 Å². The van der Waals surface area contributed by atoms with Gasteiger partial charge < -0.3 is 19.8 Å². The van der Waals surface area contributed by atoms with Crippen molar-refractivity contribution in [2.45, 2.75) is 13.3 Å². The Hall–Kier alpha value is -3.02. The first kappa shape index (κ1) is 20.3. The van der Waals surface area contributed by atoms with E-state index in [1.807, 2.05) is 49.4 Å². The number of amides is 1. The van der Waals surface area contributed by atoms with Gasteiger partial charge in [0.25, 0.3) is 5.91 Å². The highest BCUT2D eigenvalue weighted by Crippen LogP contribution is 2.27. The molecule has 0 aromatic heterocycles. The lowest BCUT2D eigenvalue weighted by Gasteiger charge is -2.19. The molecule has 0 aliphatic carbocycles. The van der Waals surface area contributed by atoms with Crippen LogP contribution in [-0.2, 0) is 11.2 Å². The maximum atomic E-state index is 12.9. The quantitative estimate of drug-likeness (QED) is 0.574. The van der Waals surface area contributed by atoms with Gasteiger partial charge in [-0.2, -0.15) is 5.10 Å². The summed E-state index contributed by atoms with van der Waals surface area (Å²) in [5.74, 6) is 1.24. The van der Waals surface area contributed by atoms with Gasteiger partial charge in [0, 0.05) is 26.2 Å². The van der Waals surface area contributed by atoms with Crippen LogP contribution in [0.5, 0.6) is 11.5 Å². The standard InChI is InChI=1S/C21H27N3O3/c1-15-6-9-17(10-7-15)20(23-22-2)21(25)24(3)13-12-16-8-11-18(26-4)19(14-16)27-5/h6-11,14,22H,12-13H2,1-5H3. The minimum atomic E-state index is -0.131. The summed E-state index contributed by atoms with van der Waals surface area (Å²) in [6.45, 7) is 2.57. The number of likely N-dealkylation sites (N-methyl/N-ethyl adjacent to an activating group) is 1. The molecule has 0 heterocycles. The van der Waals surface area contributed by atoms with Gasteiger partial charge in [0.15, 0.2) is 17.2 Å². The van der Waals surface area contributed by atoms with E-state index in [9.17, 15) is 4.79 Å². The molecule has 2 aromatic carbocycles. The maximum absolute atomic E-state index is 12.9. The van der Waals surface area contributed by atoms with Gasteiger partial charge in [0.1, 0.15) is 0 Å². The zero-order chi connectivity index (χ0) is 19.8. The van der Waals surface area contributed by atoms with Gasteiger partial charge in [0.05, 0.1) is 14.2 Å². The summed E-state index contributed by atoms with van der Waals surface area (Å²) < 4.78 is 10.6. The van der Waals surface area contributed by atoms with Crippen molar-refractivity contribution >= 4 is 11.6 Å². The van der Waals surface area contributed by atoms with E-state index in [1.165, 1.54) is 0 Å². The first-order chi connectivity index (χ1) is 13.0. The van der Waals surface area contributed by atoms with Crippen LogP contribution in [0.3, 0.4) is 0 Å². The Balaban J connectivity index is 2.09. The SMILES string of the molecule is CNN=C(C(=O)N(C)CCc1ccc(OC)c(OC)c1)c1ccc(C)cc1. The summed E-state index contributed by atoms with van der Waals surface area (Å²) in [6, 6.07) is 13.5. The van der Waals surface area contributed by atoms with Gasteiger partial charge in [-0.3, -0.25) is 4.79 Å². The Morgan fingerprint density at radius 2 is 1.74 bits per heavy atom. The Bertz CT molecular complexity index is 801. The van der Waals surface area contributed by atoms with Crippen molar-refractivity contribution in [1.82, 2.24) is 10.3 Å². The molecule has 0 bridgehead atoms. The molecule has 0 spiro atoms. The van der Waals surface area contributed by atoms with E-state index < -0.39 is 0 Å². The number of nitrogens with zero attached hydrogens (tertiary/aromatic N) is 2. The number of ether oxygens (including phenoxy) is 2. The first-order valence-corrected chi connectivity index (χ1v) is 8.78. The van der Waals surface area contributed by atoms with E-state index >= 15 is 0 Å². The normalized spacial score (nSPS) is 11.1. The van der Waals surface area contributed by atoms with E-state index in [2.05, 4.69) is 10.5 Å². The molecule has 6 nitrogen and oxygen atoms in total. The highest BCUT2D eigenvalue weighted by molar-refractivity contribution is 6.45. The lowest BCUT2D eigenvalue weighted by molar-refractivity contribution is -0.122. The number of nitrogens with one attached hydrogen (secondary N) is 1. The molecular formula is C21H27N3O3. The molecule has 0 saturated heterocycles. The van der Waals surface area contributed by atoms with Crippen LogP contribution >= 0.6 is 0 Å². The Morgan fingerprint density at radius 3 is 2.33 bits per heavy atom. The van der Waals surface area contributed by atoms with Crippen molar-refractivity contribution in [3.05, 3.63) is 59.2 Å². The molecule has 0 saturated carbocycles. The van der Waals surface area contributed by atoms with Gasteiger partial charge in [-0.25, -0.2) is 0 Å². The summed E-state index contributed by atoms with van der Waals surface area (Å²) in [5, 5.41) is 4.19. The van der Waals surface area contributed by atoms with Crippen LogP contribution in [0.2, 0.25) is 0 Å². The molecular weight excluding hydrogens is 342 g/mol. The van der Waals surface area contributed by atoms with E-state index in [-0.39, 0.29) is 5.91 Å². The van der Waals surface area contributed by atoms with Crippen molar-refractivity contribution in [1.29, 1.82) is 0 Å². The average molecular weight is 369 g/mol. The van der Waals surface area contributed by atoms with E-state index in [0.29, 0.717) is 30.2 Å². The Morgan fingerprint density at radius 1 is 1.07 bits per heavy atom. The van der Waals surface area contributed by atoms with Crippen molar-refractivity contribution in [3.63, 3.8) is 0 Å². The molecule has 1 N–H and O–H groups in total. The fraction of sp³-hybridized carbons (Fsp3) is 0.333. The van der Waals surface area contributed by atoms with Crippen LogP contribution in [-0.4, -0.2) is 51.4 Å². The minimum absolute atomic E-state index is 0.131. The van der Waals surface area contributed by atoms with Crippen molar-refractivity contribution in [2.75, 3.05) is 34.9 Å².